The molecule has 0 radical (unpaired) electrons. The highest BCUT2D eigenvalue weighted by molar-refractivity contribution is 9.10. The van der Waals surface area contributed by atoms with Crippen LogP contribution in [0.25, 0.3) is 0 Å². The molecule has 0 unspecified atom stereocenters. The number of nitro groups is 1. The normalized spacial score (nSPS) is 12.9. The third-order valence-corrected chi connectivity index (χ3v) is 5.01. The Morgan fingerprint density at radius 3 is 2.55 bits per heavy atom. The van der Waals surface area contributed by atoms with Crippen LogP contribution in [0.2, 0.25) is 0 Å². The molecule has 0 spiro atoms. The maximum atomic E-state index is 12.2. The number of hydrogen-bond donors (Lipinski definition) is 2. The van der Waals surface area contributed by atoms with E-state index in [-0.39, 0.29) is 29.7 Å². The Hall–Kier alpha value is -2.94. The molecule has 1 aliphatic rings. The Morgan fingerprint density at radius 1 is 1.17 bits per heavy atom. The Labute approximate surface area is 175 Å². The standard InChI is InChI=1S/C20H20BrN3O5/c21-17-8-3-14(11-18(17)24(27)28)20(26)22-10-9-13-1-6-16(7-2-13)29-12-19(25)23-15-4-5-15/h1-3,6-8,11,15H,4-5,9-10,12H2,(H,22,26)(H,23,25). The predicted molar refractivity (Wildman–Crippen MR) is 110 cm³/mol. The van der Waals surface area contributed by atoms with Crippen molar-refractivity contribution in [2.24, 2.45) is 0 Å². The highest BCUT2D eigenvalue weighted by Crippen LogP contribution is 2.25. The van der Waals surface area contributed by atoms with Crippen LogP contribution >= 0.6 is 15.9 Å². The molecule has 0 aromatic heterocycles. The Balaban J connectivity index is 1.44. The molecule has 9 heteroatoms. The Morgan fingerprint density at radius 2 is 1.90 bits per heavy atom. The minimum absolute atomic E-state index is 0.00870. The summed E-state index contributed by atoms with van der Waals surface area (Å²) in [6, 6.07) is 11.8. The van der Waals surface area contributed by atoms with E-state index < -0.39 is 4.92 Å². The molecule has 2 N–H and O–H groups in total. The van der Waals surface area contributed by atoms with Crippen molar-refractivity contribution >= 4 is 33.4 Å². The van der Waals surface area contributed by atoms with Gasteiger partial charge in [0.15, 0.2) is 6.61 Å². The molecule has 1 fully saturated rings. The second-order valence-corrected chi connectivity index (χ2v) is 7.56. The Kier molecular flexibility index (Phi) is 6.82. The molecule has 0 atom stereocenters. The number of carbonyl (C=O) groups excluding carboxylic acids is 2. The first kappa shape index (κ1) is 20.8. The molecule has 152 valence electrons. The number of halogens is 1. The second kappa shape index (κ2) is 9.51. The van der Waals surface area contributed by atoms with E-state index in [1.807, 2.05) is 12.1 Å². The molecule has 8 nitrogen and oxygen atoms in total. The zero-order valence-corrected chi connectivity index (χ0v) is 17.1. The smallest absolute Gasteiger partial charge is 0.284 e. The first-order valence-electron chi connectivity index (χ1n) is 9.15. The number of nitrogens with one attached hydrogen (secondary N) is 2. The van der Waals surface area contributed by atoms with Gasteiger partial charge in [0.25, 0.3) is 17.5 Å². The van der Waals surface area contributed by atoms with Gasteiger partial charge in [0.1, 0.15) is 5.75 Å². The third-order valence-electron chi connectivity index (χ3n) is 4.34. The monoisotopic (exact) mass is 461 g/mol. The summed E-state index contributed by atoms with van der Waals surface area (Å²) in [4.78, 5) is 34.2. The van der Waals surface area contributed by atoms with Gasteiger partial charge in [0.2, 0.25) is 0 Å². The van der Waals surface area contributed by atoms with Gasteiger partial charge in [-0.1, -0.05) is 12.1 Å². The average molecular weight is 462 g/mol. The summed E-state index contributed by atoms with van der Waals surface area (Å²) in [5.74, 6) is 0.112. The number of nitrogens with zero attached hydrogens (tertiary/aromatic N) is 1. The van der Waals surface area contributed by atoms with E-state index in [0.717, 1.165) is 18.4 Å². The van der Waals surface area contributed by atoms with Crippen LogP contribution in [0, 0.1) is 10.1 Å². The molecule has 0 saturated heterocycles. The van der Waals surface area contributed by atoms with Gasteiger partial charge >= 0.3 is 0 Å². The summed E-state index contributed by atoms with van der Waals surface area (Å²) in [7, 11) is 0. The van der Waals surface area contributed by atoms with Crippen LogP contribution in [0.4, 0.5) is 5.69 Å². The van der Waals surface area contributed by atoms with Crippen LogP contribution in [-0.2, 0) is 11.2 Å². The predicted octanol–water partition coefficient (Wildman–Crippen LogP) is 2.99. The molecule has 2 aromatic rings. The van der Waals surface area contributed by atoms with Gasteiger partial charge in [-0.25, -0.2) is 0 Å². The van der Waals surface area contributed by atoms with Crippen molar-refractivity contribution < 1.29 is 19.2 Å². The van der Waals surface area contributed by atoms with Crippen molar-refractivity contribution in [1.82, 2.24) is 10.6 Å². The summed E-state index contributed by atoms with van der Waals surface area (Å²) in [6.07, 6.45) is 2.66. The van der Waals surface area contributed by atoms with E-state index >= 15 is 0 Å². The van der Waals surface area contributed by atoms with Crippen molar-refractivity contribution in [1.29, 1.82) is 0 Å². The summed E-state index contributed by atoms with van der Waals surface area (Å²) >= 11 is 3.10. The van der Waals surface area contributed by atoms with Crippen LogP contribution in [0.1, 0.15) is 28.8 Å². The molecule has 2 aromatic carbocycles. The number of amides is 2. The molecular weight excluding hydrogens is 442 g/mol. The number of carbonyl (C=O) groups is 2. The topological polar surface area (TPSA) is 111 Å². The van der Waals surface area contributed by atoms with Gasteiger partial charge in [0, 0.05) is 24.2 Å². The van der Waals surface area contributed by atoms with Gasteiger partial charge in [-0.3, -0.25) is 19.7 Å². The SMILES string of the molecule is O=C(COc1ccc(CCNC(=O)c2ccc(Br)c([N+](=O)[O-])c2)cc1)NC1CC1. The van der Waals surface area contributed by atoms with Gasteiger partial charge in [-0.05, 0) is 65.0 Å². The van der Waals surface area contributed by atoms with E-state index in [4.69, 9.17) is 4.74 Å². The maximum Gasteiger partial charge on any atom is 0.284 e. The minimum atomic E-state index is -0.542. The van der Waals surface area contributed by atoms with Gasteiger partial charge < -0.3 is 15.4 Å². The molecule has 0 heterocycles. The van der Waals surface area contributed by atoms with Crippen molar-refractivity contribution in [3.05, 3.63) is 68.2 Å². The number of benzene rings is 2. The lowest BCUT2D eigenvalue weighted by Gasteiger charge is -2.08. The first-order chi connectivity index (χ1) is 13.9. The van der Waals surface area contributed by atoms with Crippen LogP contribution in [0.3, 0.4) is 0 Å². The summed E-state index contributed by atoms with van der Waals surface area (Å²) in [5, 5.41) is 16.6. The fraction of sp³-hybridized carbons (Fsp3) is 0.300. The van der Waals surface area contributed by atoms with E-state index in [2.05, 4.69) is 26.6 Å². The maximum absolute atomic E-state index is 12.2. The molecule has 0 bridgehead atoms. The van der Waals surface area contributed by atoms with Crippen molar-refractivity contribution in [3.63, 3.8) is 0 Å². The lowest BCUT2D eigenvalue weighted by molar-refractivity contribution is -0.385. The van der Waals surface area contributed by atoms with Gasteiger partial charge in [-0.2, -0.15) is 0 Å². The lowest BCUT2D eigenvalue weighted by atomic mass is 10.1. The largest absolute Gasteiger partial charge is 0.484 e. The number of ether oxygens (including phenoxy) is 1. The van der Waals surface area contributed by atoms with Crippen LogP contribution < -0.4 is 15.4 Å². The quantitative estimate of drug-likeness (QED) is 0.440. The molecule has 0 aliphatic heterocycles. The molecule has 29 heavy (non-hydrogen) atoms. The fourth-order valence-corrected chi connectivity index (χ4v) is 3.01. The van der Waals surface area contributed by atoms with Crippen molar-refractivity contribution in [2.75, 3.05) is 13.2 Å². The molecular formula is C20H20BrN3O5. The van der Waals surface area contributed by atoms with Crippen LogP contribution in [0.15, 0.2) is 46.9 Å². The first-order valence-corrected chi connectivity index (χ1v) is 9.95. The third kappa shape index (κ3) is 6.28. The number of rotatable bonds is 9. The lowest BCUT2D eigenvalue weighted by Crippen LogP contribution is -2.30. The molecule has 1 aliphatic carbocycles. The van der Waals surface area contributed by atoms with E-state index in [9.17, 15) is 19.7 Å². The zero-order chi connectivity index (χ0) is 20.8. The summed E-state index contributed by atoms with van der Waals surface area (Å²) in [6.45, 7) is 0.373. The minimum Gasteiger partial charge on any atom is -0.484 e. The van der Waals surface area contributed by atoms with Gasteiger partial charge in [0.05, 0.1) is 9.40 Å². The van der Waals surface area contributed by atoms with Gasteiger partial charge in [-0.15, -0.1) is 0 Å². The van der Waals surface area contributed by atoms with Crippen LogP contribution in [-0.4, -0.2) is 35.9 Å². The Bertz CT molecular complexity index is 913. The zero-order valence-electron chi connectivity index (χ0n) is 15.5. The highest BCUT2D eigenvalue weighted by atomic mass is 79.9. The number of hydrogen-bond acceptors (Lipinski definition) is 5. The second-order valence-electron chi connectivity index (χ2n) is 6.70. The highest BCUT2D eigenvalue weighted by Gasteiger charge is 2.23. The van der Waals surface area contributed by atoms with E-state index in [0.29, 0.717) is 29.2 Å². The van der Waals surface area contributed by atoms with Crippen molar-refractivity contribution in [2.45, 2.75) is 25.3 Å². The average Bonchev–Trinajstić information content (AvgIpc) is 3.51. The summed E-state index contributed by atoms with van der Waals surface area (Å²) in [5.41, 5.74) is 1.06. The van der Waals surface area contributed by atoms with Crippen molar-refractivity contribution in [3.8, 4) is 5.75 Å². The van der Waals surface area contributed by atoms with E-state index in [1.54, 1.807) is 12.1 Å². The van der Waals surface area contributed by atoms with Crippen LogP contribution in [0.5, 0.6) is 5.75 Å². The summed E-state index contributed by atoms with van der Waals surface area (Å²) < 4.78 is 5.78. The van der Waals surface area contributed by atoms with E-state index in [1.165, 1.54) is 18.2 Å². The molecule has 2 amide bonds. The fourth-order valence-electron chi connectivity index (χ4n) is 2.61. The molecule has 3 rings (SSSR count). The number of nitro benzene ring substituents is 1. The molecule has 1 saturated carbocycles.